The number of amides is 3. The molecular formula is C18H18N2O3S. The van der Waals surface area contributed by atoms with Gasteiger partial charge in [-0.05, 0) is 25.3 Å². The van der Waals surface area contributed by atoms with E-state index in [-0.39, 0.29) is 34.8 Å². The van der Waals surface area contributed by atoms with E-state index in [2.05, 4.69) is 5.32 Å². The van der Waals surface area contributed by atoms with Gasteiger partial charge >= 0.3 is 0 Å². The monoisotopic (exact) mass is 342 g/mol. The van der Waals surface area contributed by atoms with Crippen LogP contribution in [0.3, 0.4) is 0 Å². The molecule has 3 amide bonds. The molecule has 1 N–H and O–H groups in total. The molecule has 0 aliphatic carbocycles. The number of hydrogen-bond donors (Lipinski definition) is 1. The minimum absolute atomic E-state index is 0.254. The Morgan fingerprint density at radius 3 is 2.38 bits per heavy atom. The third kappa shape index (κ3) is 3.14. The lowest BCUT2D eigenvalue weighted by Crippen LogP contribution is -2.52. The molecule has 24 heavy (non-hydrogen) atoms. The third-order valence-electron chi connectivity index (χ3n) is 4.00. The highest BCUT2D eigenvalue weighted by Crippen LogP contribution is 2.27. The number of nitrogens with one attached hydrogen (secondary N) is 1. The zero-order chi connectivity index (χ0) is 17.3. The highest BCUT2D eigenvalue weighted by atomic mass is 32.2. The fraction of sp³-hybridized carbons (Fsp3) is 0.278. The first-order valence-electron chi connectivity index (χ1n) is 7.75. The van der Waals surface area contributed by atoms with Gasteiger partial charge in [-0.2, -0.15) is 0 Å². The van der Waals surface area contributed by atoms with Gasteiger partial charge in [0.1, 0.15) is 6.54 Å². The Morgan fingerprint density at radius 2 is 1.67 bits per heavy atom. The number of anilines is 1. The van der Waals surface area contributed by atoms with Crippen molar-refractivity contribution in [2.24, 2.45) is 0 Å². The zero-order valence-electron chi connectivity index (χ0n) is 13.5. The molecule has 2 aromatic carbocycles. The van der Waals surface area contributed by atoms with Crippen molar-refractivity contribution >= 4 is 45.9 Å². The Kier molecular flexibility index (Phi) is 4.57. The van der Waals surface area contributed by atoms with Gasteiger partial charge in [-0.25, -0.2) is 0 Å². The molecule has 1 fully saturated rings. The molecule has 0 unspecified atom stereocenters. The van der Waals surface area contributed by atoms with Crippen LogP contribution in [0.2, 0.25) is 0 Å². The van der Waals surface area contributed by atoms with Gasteiger partial charge in [0.25, 0.3) is 0 Å². The van der Waals surface area contributed by atoms with Crippen molar-refractivity contribution in [3.8, 4) is 0 Å². The molecule has 3 rings (SSSR count). The number of rotatable bonds is 3. The van der Waals surface area contributed by atoms with Crippen molar-refractivity contribution in [2.75, 3.05) is 11.9 Å². The van der Waals surface area contributed by atoms with Crippen molar-refractivity contribution in [3.05, 3.63) is 42.5 Å². The third-order valence-corrected chi connectivity index (χ3v) is 5.22. The van der Waals surface area contributed by atoms with Crippen LogP contribution in [0.4, 0.5) is 5.69 Å². The van der Waals surface area contributed by atoms with E-state index in [9.17, 15) is 14.4 Å². The van der Waals surface area contributed by atoms with E-state index in [1.165, 1.54) is 11.8 Å². The zero-order valence-corrected chi connectivity index (χ0v) is 14.3. The van der Waals surface area contributed by atoms with E-state index in [1.54, 1.807) is 19.9 Å². The minimum atomic E-state index is -0.376. The lowest BCUT2D eigenvalue weighted by Gasteiger charge is -2.31. The molecule has 1 aliphatic rings. The van der Waals surface area contributed by atoms with Crippen LogP contribution >= 0.6 is 11.8 Å². The molecule has 1 saturated heterocycles. The molecule has 0 bridgehead atoms. The Labute approximate surface area is 144 Å². The van der Waals surface area contributed by atoms with Crippen molar-refractivity contribution in [1.82, 2.24) is 4.90 Å². The summed E-state index contributed by atoms with van der Waals surface area (Å²) in [5.74, 6) is -0.994. The van der Waals surface area contributed by atoms with Crippen LogP contribution in [0.25, 0.3) is 10.8 Å². The van der Waals surface area contributed by atoms with Gasteiger partial charge < -0.3 is 5.32 Å². The second-order valence-corrected chi connectivity index (χ2v) is 7.44. The second kappa shape index (κ2) is 6.65. The summed E-state index contributed by atoms with van der Waals surface area (Å²) in [6.07, 6.45) is 0. The molecule has 0 spiro atoms. The summed E-state index contributed by atoms with van der Waals surface area (Å²) in [4.78, 5) is 37.8. The highest BCUT2D eigenvalue weighted by Gasteiger charge is 2.38. The number of fused-ring (bicyclic) bond motifs is 1. The van der Waals surface area contributed by atoms with Crippen LogP contribution in [-0.2, 0) is 14.4 Å². The summed E-state index contributed by atoms with van der Waals surface area (Å²) in [6.45, 7) is 3.26. The number of nitrogens with zero attached hydrogens (tertiary/aromatic N) is 1. The van der Waals surface area contributed by atoms with Crippen LogP contribution in [0.5, 0.6) is 0 Å². The molecule has 5 nitrogen and oxygen atoms in total. The molecular weight excluding hydrogens is 324 g/mol. The first kappa shape index (κ1) is 16.5. The minimum Gasteiger partial charge on any atom is -0.324 e. The number of hydrogen-bond acceptors (Lipinski definition) is 4. The summed E-state index contributed by atoms with van der Waals surface area (Å²) in [5.41, 5.74) is 0.672. The van der Waals surface area contributed by atoms with E-state index in [4.69, 9.17) is 0 Å². The largest absolute Gasteiger partial charge is 0.324 e. The van der Waals surface area contributed by atoms with Crippen LogP contribution in [0.1, 0.15) is 13.8 Å². The summed E-state index contributed by atoms with van der Waals surface area (Å²) < 4.78 is 0. The maximum atomic E-state index is 12.4. The highest BCUT2D eigenvalue weighted by molar-refractivity contribution is 8.02. The summed E-state index contributed by atoms with van der Waals surface area (Å²) >= 11 is 1.32. The quantitative estimate of drug-likeness (QED) is 0.871. The Morgan fingerprint density at radius 1 is 1.04 bits per heavy atom. The summed E-state index contributed by atoms with van der Waals surface area (Å²) in [5, 5.41) is 4.11. The molecule has 0 saturated carbocycles. The maximum Gasteiger partial charge on any atom is 0.244 e. The average Bonchev–Trinajstić information content (AvgIpc) is 2.57. The summed E-state index contributed by atoms with van der Waals surface area (Å²) in [6, 6.07) is 13.3. The fourth-order valence-electron chi connectivity index (χ4n) is 2.79. The predicted octanol–water partition coefficient (Wildman–Crippen LogP) is 2.66. The van der Waals surface area contributed by atoms with E-state index in [1.807, 2.05) is 36.4 Å². The number of thioether (sulfide) groups is 1. The first-order valence-corrected chi connectivity index (χ1v) is 8.70. The second-order valence-electron chi connectivity index (χ2n) is 5.76. The van der Waals surface area contributed by atoms with Crippen molar-refractivity contribution < 1.29 is 14.4 Å². The fourth-order valence-corrected chi connectivity index (χ4v) is 3.89. The number of imide groups is 1. The Bertz CT molecular complexity index is 796. The molecule has 2 atom stereocenters. The van der Waals surface area contributed by atoms with Gasteiger partial charge in [0.2, 0.25) is 17.7 Å². The normalized spacial score (nSPS) is 21.2. The topological polar surface area (TPSA) is 66.5 Å². The lowest BCUT2D eigenvalue weighted by atomic mass is 10.1. The van der Waals surface area contributed by atoms with E-state index < -0.39 is 0 Å². The van der Waals surface area contributed by atoms with Crippen molar-refractivity contribution in [3.63, 3.8) is 0 Å². The number of carbonyl (C=O) groups excluding carboxylic acids is 3. The molecule has 0 radical (unpaired) electrons. The molecule has 6 heteroatoms. The van der Waals surface area contributed by atoms with E-state index in [0.717, 1.165) is 15.7 Å². The molecule has 1 aliphatic heterocycles. The lowest BCUT2D eigenvalue weighted by molar-refractivity contribution is -0.147. The Balaban J connectivity index is 1.77. The van der Waals surface area contributed by atoms with Gasteiger partial charge in [0.15, 0.2) is 0 Å². The predicted molar refractivity (Wildman–Crippen MR) is 95.8 cm³/mol. The maximum absolute atomic E-state index is 12.4. The summed E-state index contributed by atoms with van der Waals surface area (Å²) in [7, 11) is 0. The van der Waals surface area contributed by atoms with Gasteiger partial charge in [-0.3, -0.25) is 19.3 Å². The van der Waals surface area contributed by atoms with Crippen molar-refractivity contribution in [2.45, 2.75) is 24.3 Å². The van der Waals surface area contributed by atoms with Crippen LogP contribution in [0, 0.1) is 0 Å². The number of benzene rings is 2. The molecule has 2 aromatic rings. The first-order chi connectivity index (χ1) is 11.5. The van der Waals surface area contributed by atoms with Crippen LogP contribution in [-0.4, -0.2) is 39.7 Å². The molecule has 1 heterocycles. The SMILES string of the molecule is C[C@@H]1S[C@H](C)C(=O)N(CC(=O)Nc2cccc3ccccc23)C1=O. The molecule has 124 valence electrons. The van der Waals surface area contributed by atoms with Crippen molar-refractivity contribution in [1.29, 1.82) is 0 Å². The van der Waals surface area contributed by atoms with E-state index >= 15 is 0 Å². The average molecular weight is 342 g/mol. The molecule has 0 aromatic heterocycles. The smallest absolute Gasteiger partial charge is 0.244 e. The van der Waals surface area contributed by atoms with Gasteiger partial charge in [0, 0.05) is 11.1 Å². The van der Waals surface area contributed by atoms with Gasteiger partial charge in [-0.1, -0.05) is 36.4 Å². The van der Waals surface area contributed by atoms with Crippen LogP contribution in [0.15, 0.2) is 42.5 Å². The van der Waals surface area contributed by atoms with Gasteiger partial charge in [0.05, 0.1) is 10.5 Å². The van der Waals surface area contributed by atoms with Crippen LogP contribution < -0.4 is 5.32 Å². The van der Waals surface area contributed by atoms with Gasteiger partial charge in [-0.15, -0.1) is 11.8 Å². The Hall–Kier alpha value is -2.34. The standard InChI is InChI=1S/C18H18N2O3S/c1-11-17(22)20(18(23)12(2)24-11)10-16(21)19-15-9-5-7-13-6-3-4-8-14(13)15/h3-9,11-12H,10H2,1-2H3,(H,19,21)/t11-,12+. The van der Waals surface area contributed by atoms with E-state index in [0.29, 0.717) is 5.69 Å². The number of carbonyl (C=O) groups is 3.